The first-order valence-electron chi connectivity index (χ1n) is 13.3. The van der Waals surface area contributed by atoms with Gasteiger partial charge in [0, 0.05) is 6.20 Å². The van der Waals surface area contributed by atoms with E-state index in [0.29, 0.717) is 15.8 Å². The maximum Gasteiger partial charge on any atom is 0.338 e. The van der Waals surface area contributed by atoms with Crippen molar-refractivity contribution < 1.29 is 33.3 Å². The van der Waals surface area contributed by atoms with Crippen LogP contribution in [0.4, 0.5) is 0 Å². The van der Waals surface area contributed by atoms with Crippen LogP contribution in [0.15, 0.2) is 114 Å². The molecular formula is C32H24N2O8S. The molecule has 0 bridgehead atoms. The van der Waals surface area contributed by atoms with Crippen molar-refractivity contribution in [3.05, 3.63) is 136 Å². The number of rotatable bonds is 8. The number of aromatic nitrogens is 2. The van der Waals surface area contributed by atoms with Gasteiger partial charge in [-0.25, -0.2) is 19.4 Å². The van der Waals surface area contributed by atoms with Gasteiger partial charge in [-0.1, -0.05) is 54.6 Å². The van der Waals surface area contributed by atoms with Crippen molar-refractivity contribution in [2.24, 2.45) is 0 Å². The summed E-state index contributed by atoms with van der Waals surface area (Å²) in [4.78, 5) is 57.0. The van der Waals surface area contributed by atoms with Gasteiger partial charge < -0.3 is 18.9 Å². The number of carbonyl (C=O) groups excluding carboxylic acids is 3. The Kier molecular flexibility index (Phi) is 8.07. The third-order valence-electron chi connectivity index (χ3n) is 6.87. The molecule has 3 aromatic carbocycles. The van der Waals surface area contributed by atoms with Gasteiger partial charge in [-0.2, -0.15) is 0 Å². The summed E-state index contributed by atoms with van der Waals surface area (Å²) in [5.74, 6) is -2.05. The van der Waals surface area contributed by atoms with Crippen LogP contribution in [0.2, 0.25) is 0 Å². The van der Waals surface area contributed by atoms with E-state index in [2.05, 4.69) is 4.98 Å². The van der Waals surface area contributed by atoms with Crippen LogP contribution in [0.3, 0.4) is 0 Å². The van der Waals surface area contributed by atoms with Crippen LogP contribution < -0.4 is 5.56 Å². The summed E-state index contributed by atoms with van der Waals surface area (Å²) in [5.41, 5.74) is 2.44. The highest BCUT2D eigenvalue weighted by Crippen LogP contribution is 2.35. The topological polar surface area (TPSA) is 123 Å². The molecule has 0 N–H and O–H groups in total. The molecule has 5 aromatic rings. The molecule has 2 aromatic heterocycles. The SMILES string of the molecule is O=C(OC[C@H]1O[C@@H](n2ccc3ncsc3c2=O)C(OC(=O)c2ccccc2)C1OC(=O)c1ccccc1)c1ccccc1. The first-order chi connectivity index (χ1) is 21.0. The average molecular weight is 597 g/mol. The van der Waals surface area contributed by atoms with Crippen molar-refractivity contribution >= 4 is 39.5 Å². The zero-order valence-corrected chi connectivity index (χ0v) is 23.3. The highest BCUT2D eigenvalue weighted by molar-refractivity contribution is 7.16. The number of benzene rings is 3. The van der Waals surface area contributed by atoms with Crippen LogP contribution in [0.25, 0.3) is 10.2 Å². The second-order valence-electron chi connectivity index (χ2n) is 9.60. The lowest BCUT2D eigenvalue weighted by atomic mass is 10.1. The van der Waals surface area contributed by atoms with E-state index < -0.39 is 48.0 Å². The molecule has 0 aliphatic carbocycles. The molecule has 3 heterocycles. The fraction of sp³-hybridized carbons (Fsp3) is 0.156. The van der Waals surface area contributed by atoms with Gasteiger partial charge in [-0.15, -0.1) is 11.3 Å². The molecule has 43 heavy (non-hydrogen) atoms. The fourth-order valence-electron chi connectivity index (χ4n) is 4.75. The summed E-state index contributed by atoms with van der Waals surface area (Å²) in [6.45, 7) is -0.353. The molecule has 0 spiro atoms. The molecule has 1 aliphatic rings. The van der Waals surface area contributed by atoms with E-state index in [9.17, 15) is 19.2 Å². The highest BCUT2D eigenvalue weighted by atomic mass is 32.1. The molecule has 1 aliphatic heterocycles. The molecule has 0 radical (unpaired) electrons. The Morgan fingerprint density at radius 1 is 0.744 bits per heavy atom. The molecule has 2 unspecified atom stereocenters. The van der Waals surface area contributed by atoms with Crippen LogP contribution in [0.1, 0.15) is 37.3 Å². The molecule has 6 rings (SSSR count). The van der Waals surface area contributed by atoms with Crippen molar-refractivity contribution in [1.29, 1.82) is 0 Å². The minimum atomic E-state index is -1.29. The molecule has 216 valence electrons. The van der Waals surface area contributed by atoms with Crippen molar-refractivity contribution in [2.45, 2.75) is 24.5 Å². The summed E-state index contributed by atoms with van der Waals surface area (Å²) in [7, 11) is 0. The summed E-state index contributed by atoms with van der Waals surface area (Å²) >= 11 is 1.16. The number of esters is 3. The van der Waals surface area contributed by atoms with Crippen molar-refractivity contribution in [1.82, 2.24) is 9.55 Å². The van der Waals surface area contributed by atoms with E-state index in [1.165, 1.54) is 10.8 Å². The van der Waals surface area contributed by atoms with E-state index in [-0.39, 0.29) is 17.7 Å². The standard InChI is InChI=1S/C32H24N2O8S/c35-28-27-23(33-19-43-27)16-17-34(28)29-26(42-32(38)22-14-8-3-9-15-22)25(41-31(37)21-12-6-2-7-13-21)24(40-29)18-39-30(36)20-10-4-1-5-11-20/h1-17,19,24-26,29H,18H2/t24-,25?,26?,29-/m1/s1. The summed E-state index contributed by atoms with van der Waals surface area (Å²) in [6.07, 6.45) is -3.38. The largest absolute Gasteiger partial charge is 0.459 e. The second kappa shape index (κ2) is 12.4. The van der Waals surface area contributed by atoms with Gasteiger partial charge in [0.15, 0.2) is 18.4 Å². The summed E-state index contributed by atoms with van der Waals surface area (Å²) in [5, 5.41) is 0. The maximum atomic E-state index is 13.5. The molecule has 11 heteroatoms. The quantitative estimate of drug-likeness (QED) is 0.186. The first-order valence-corrected chi connectivity index (χ1v) is 14.2. The normalized spacial score (nSPS) is 19.5. The van der Waals surface area contributed by atoms with E-state index in [1.807, 2.05) is 0 Å². The molecule has 1 saturated heterocycles. The number of pyridine rings is 1. The van der Waals surface area contributed by atoms with E-state index in [0.717, 1.165) is 11.3 Å². The van der Waals surface area contributed by atoms with E-state index in [4.69, 9.17) is 18.9 Å². The predicted molar refractivity (Wildman–Crippen MR) is 156 cm³/mol. The Hall–Kier alpha value is -5.13. The number of fused-ring (bicyclic) bond motifs is 1. The van der Waals surface area contributed by atoms with Gasteiger partial charge in [-0.3, -0.25) is 9.36 Å². The van der Waals surface area contributed by atoms with Crippen LogP contribution >= 0.6 is 11.3 Å². The number of ether oxygens (including phenoxy) is 4. The van der Waals surface area contributed by atoms with Crippen LogP contribution in [0, 0.1) is 0 Å². The lowest BCUT2D eigenvalue weighted by Crippen LogP contribution is -2.42. The predicted octanol–water partition coefficient (Wildman–Crippen LogP) is 4.66. The lowest BCUT2D eigenvalue weighted by molar-refractivity contribution is -0.0632. The lowest BCUT2D eigenvalue weighted by Gasteiger charge is -2.25. The Morgan fingerprint density at radius 3 is 1.86 bits per heavy atom. The van der Waals surface area contributed by atoms with Gasteiger partial charge in [0.1, 0.15) is 17.4 Å². The third kappa shape index (κ3) is 5.94. The smallest absolute Gasteiger partial charge is 0.338 e. The van der Waals surface area contributed by atoms with Gasteiger partial charge >= 0.3 is 17.9 Å². The van der Waals surface area contributed by atoms with Gasteiger partial charge in [0.2, 0.25) is 0 Å². The van der Waals surface area contributed by atoms with Crippen LogP contribution in [0.5, 0.6) is 0 Å². The Bertz CT molecular complexity index is 1810. The molecule has 0 saturated carbocycles. The zero-order chi connectivity index (χ0) is 29.8. The fourth-order valence-corrected chi connectivity index (χ4v) is 5.47. The molecule has 1 fully saturated rings. The molecule has 10 nitrogen and oxygen atoms in total. The number of nitrogens with zero attached hydrogens (tertiary/aromatic N) is 2. The number of carbonyl (C=O) groups is 3. The number of hydrogen-bond acceptors (Lipinski definition) is 10. The van der Waals surface area contributed by atoms with Gasteiger partial charge in [0.25, 0.3) is 5.56 Å². The molecule has 4 atom stereocenters. The van der Waals surface area contributed by atoms with E-state index in [1.54, 1.807) is 103 Å². The van der Waals surface area contributed by atoms with Crippen LogP contribution in [-0.4, -0.2) is 52.4 Å². The van der Waals surface area contributed by atoms with E-state index >= 15 is 0 Å². The van der Waals surface area contributed by atoms with Crippen LogP contribution in [-0.2, 0) is 18.9 Å². The monoisotopic (exact) mass is 596 g/mol. The third-order valence-corrected chi connectivity index (χ3v) is 7.70. The highest BCUT2D eigenvalue weighted by Gasteiger charge is 2.51. The Labute approximate surface area is 249 Å². The minimum Gasteiger partial charge on any atom is -0.459 e. The number of thiazole rings is 1. The van der Waals surface area contributed by atoms with Crippen molar-refractivity contribution in [3.63, 3.8) is 0 Å². The Morgan fingerprint density at radius 2 is 1.28 bits per heavy atom. The first kappa shape index (κ1) is 28.0. The van der Waals surface area contributed by atoms with Crippen molar-refractivity contribution in [3.8, 4) is 0 Å². The maximum absolute atomic E-state index is 13.5. The molecule has 0 amide bonds. The summed E-state index contributed by atoms with van der Waals surface area (Å²) < 4.78 is 25.3. The molecular weight excluding hydrogens is 572 g/mol. The zero-order valence-electron chi connectivity index (χ0n) is 22.5. The van der Waals surface area contributed by atoms with Gasteiger partial charge in [-0.05, 0) is 42.5 Å². The van der Waals surface area contributed by atoms with Gasteiger partial charge in [0.05, 0.1) is 27.7 Å². The summed E-state index contributed by atoms with van der Waals surface area (Å²) in [6, 6.07) is 26.5. The Balaban J connectivity index is 1.37. The minimum absolute atomic E-state index is 0.249. The second-order valence-corrected chi connectivity index (χ2v) is 10.5. The van der Waals surface area contributed by atoms with Crippen molar-refractivity contribution in [2.75, 3.05) is 6.61 Å². The number of hydrogen-bond donors (Lipinski definition) is 0. The average Bonchev–Trinajstić information content (AvgIpc) is 3.67.